The number of piperidine rings is 1. The number of hydrogen-bond acceptors (Lipinski definition) is 4. The highest BCUT2D eigenvalue weighted by Crippen LogP contribution is 2.23. The minimum Gasteiger partial charge on any atom is -0.472 e. The molecule has 0 aliphatic carbocycles. The molecule has 100 valence electrons. The van der Waals surface area contributed by atoms with Gasteiger partial charge in [0.05, 0.1) is 18.1 Å². The molecule has 1 saturated heterocycles. The third-order valence-electron chi connectivity index (χ3n) is 3.27. The lowest BCUT2D eigenvalue weighted by molar-refractivity contribution is 0.0942. The Morgan fingerprint density at radius 3 is 2.94 bits per heavy atom. The van der Waals surface area contributed by atoms with Gasteiger partial charge in [-0.15, -0.1) is 0 Å². The summed E-state index contributed by atoms with van der Waals surface area (Å²) in [5, 5.41) is 0. The highest BCUT2D eigenvalue weighted by molar-refractivity contribution is 7.88. The van der Waals surface area contributed by atoms with Crippen LogP contribution in [0.5, 0.6) is 0 Å². The van der Waals surface area contributed by atoms with Gasteiger partial charge in [0, 0.05) is 19.5 Å². The molecule has 1 unspecified atom stereocenters. The van der Waals surface area contributed by atoms with Crippen molar-refractivity contribution in [2.24, 2.45) is 5.92 Å². The maximum Gasteiger partial charge on any atom is 0.211 e. The fourth-order valence-corrected chi connectivity index (χ4v) is 3.24. The van der Waals surface area contributed by atoms with Gasteiger partial charge in [0.2, 0.25) is 10.0 Å². The number of nitrogens with zero attached hydrogens (tertiary/aromatic N) is 1. The molecule has 2 heterocycles. The number of rotatable bonds is 4. The summed E-state index contributed by atoms with van der Waals surface area (Å²) in [5.41, 5.74) is 0.562. The van der Waals surface area contributed by atoms with Crippen LogP contribution in [0.4, 0.5) is 0 Å². The van der Waals surface area contributed by atoms with Gasteiger partial charge in [0.1, 0.15) is 6.26 Å². The van der Waals surface area contributed by atoms with E-state index in [2.05, 4.69) is 0 Å². The molecule has 1 aliphatic rings. The van der Waals surface area contributed by atoms with Gasteiger partial charge < -0.3 is 4.42 Å². The first-order chi connectivity index (χ1) is 8.47. The van der Waals surface area contributed by atoms with Gasteiger partial charge in [0.25, 0.3) is 0 Å². The number of ketones is 1. The van der Waals surface area contributed by atoms with Crippen LogP contribution in [-0.4, -0.2) is 37.9 Å². The highest BCUT2D eigenvalue weighted by atomic mass is 32.2. The Labute approximate surface area is 107 Å². The van der Waals surface area contributed by atoms with E-state index in [1.807, 2.05) is 0 Å². The number of carbonyl (C=O) groups is 1. The Hall–Kier alpha value is -1.14. The lowest BCUT2D eigenvalue weighted by Gasteiger charge is -2.30. The Bertz CT molecular complexity index is 506. The predicted molar refractivity (Wildman–Crippen MR) is 66.8 cm³/mol. The van der Waals surface area contributed by atoms with Crippen LogP contribution in [0.2, 0.25) is 0 Å². The fraction of sp³-hybridized carbons (Fsp3) is 0.583. The zero-order valence-electron chi connectivity index (χ0n) is 10.3. The number of furan rings is 1. The molecule has 0 saturated carbocycles. The Morgan fingerprint density at radius 1 is 1.56 bits per heavy atom. The van der Waals surface area contributed by atoms with Gasteiger partial charge in [-0.1, -0.05) is 0 Å². The second kappa shape index (κ2) is 5.24. The molecule has 1 aliphatic heterocycles. The summed E-state index contributed by atoms with van der Waals surface area (Å²) in [6.45, 7) is 1.01. The van der Waals surface area contributed by atoms with Crippen LogP contribution in [0.3, 0.4) is 0 Å². The second-order valence-corrected chi connectivity index (χ2v) is 6.75. The van der Waals surface area contributed by atoms with E-state index in [1.54, 1.807) is 6.07 Å². The zero-order valence-corrected chi connectivity index (χ0v) is 11.1. The van der Waals surface area contributed by atoms with Crippen LogP contribution in [0, 0.1) is 5.92 Å². The molecule has 0 bridgehead atoms. The second-order valence-electron chi connectivity index (χ2n) is 4.77. The first-order valence-electron chi connectivity index (χ1n) is 5.97. The SMILES string of the molecule is CS(=O)(=O)N1CCCC(CC(=O)c2ccoc2)C1. The Balaban J connectivity index is 1.96. The quantitative estimate of drug-likeness (QED) is 0.779. The van der Waals surface area contributed by atoms with E-state index in [1.165, 1.54) is 23.1 Å². The largest absolute Gasteiger partial charge is 0.472 e. The standard InChI is InChI=1S/C12H17NO4S/c1-18(15,16)13-5-2-3-10(8-13)7-12(14)11-4-6-17-9-11/h4,6,9-10H,2-3,5,7-8H2,1H3. The van der Waals surface area contributed by atoms with E-state index in [-0.39, 0.29) is 11.7 Å². The van der Waals surface area contributed by atoms with Gasteiger partial charge in [0.15, 0.2) is 5.78 Å². The van der Waals surface area contributed by atoms with E-state index >= 15 is 0 Å². The molecule has 1 aromatic rings. The van der Waals surface area contributed by atoms with E-state index in [9.17, 15) is 13.2 Å². The maximum atomic E-state index is 11.9. The Morgan fingerprint density at radius 2 is 2.33 bits per heavy atom. The minimum atomic E-state index is -3.14. The van der Waals surface area contributed by atoms with Crippen molar-refractivity contribution in [1.29, 1.82) is 0 Å². The summed E-state index contributed by atoms with van der Waals surface area (Å²) < 4.78 is 29.3. The lowest BCUT2D eigenvalue weighted by atomic mass is 9.92. The molecular formula is C12H17NO4S. The highest BCUT2D eigenvalue weighted by Gasteiger charge is 2.27. The van der Waals surface area contributed by atoms with Crippen LogP contribution >= 0.6 is 0 Å². The third-order valence-corrected chi connectivity index (χ3v) is 4.54. The zero-order chi connectivity index (χ0) is 13.2. The van der Waals surface area contributed by atoms with Crippen LogP contribution in [0.1, 0.15) is 29.6 Å². The summed E-state index contributed by atoms with van der Waals surface area (Å²) in [6.07, 6.45) is 6.21. The molecule has 2 rings (SSSR count). The van der Waals surface area contributed by atoms with Gasteiger partial charge in [-0.25, -0.2) is 12.7 Å². The number of Topliss-reactive ketones (excluding diaryl/α,β-unsaturated/α-hetero) is 1. The van der Waals surface area contributed by atoms with Crippen molar-refractivity contribution in [1.82, 2.24) is 4.31 Å². The molecule has 5 nitrogen and oxygen atoms in total. The molecule has 1 fully saturated rings. The maximum absolute atomic E-state index is 11.9. The first-order valence-corrected chi connectivity index (χ1v) is 7.82. The topological polar surface area (TPSA) is 67.6 Å². The van der Waals surface area contributed by atoms with Crippen molar-refractivity contribution in [3.63, 3.8) is 0 Å². The van der Waals surface area contributed by atoms with Crippen molar-refractivity contribution in [3.05, 3.63) is 24.2 Å². The van der Waals surface area contributed by atoms with Crippen LogP contribution in [0.25, 0.3) is 0 Å². The average Bonchev–Trinajstić information content (AvgIpc) is 2.81. The van der Waals surface area contributed by atoms with E-state index in [4.69, 9.17) is 4.42 Å². The summed E-state index contributed by atoms with van der Waals surface area (Å²) in [7, 11) is -3.14. The Kier molecular flexibility index (Phi) is 3.87. The fourth-order valence-electron chi connectivity index (χ4n) is 2.30. The van der Waals surface area contributed by atoms with Crippen LogP contribution in [0.15, 0.2) is 23.0 Å². The van der Waals surface area contributed by atoms with Crippen molar-refractivity contribution in [2.75, 3.05) is 19.3 Å². The predicted octanol–water partition coefficient (Wildman–Crippen LogP) is 1.52. The van der Waals surface area contributed by atoms with E-state index in [0.717, 1.165) is 12.8 Å². The van der Waals surface area contributed by atoms with Crippen molar-refractivity contribution in [2.45, 2.75) is 19.3 Å². The monoisotopic (exact) mass is 271 g/mol. The van der Waals surface area contributed by atoms with Crippen molar-refractivity contribution >= 4 is 15.8 Å². The normalized spacial score (nSPS) is 21.9. The van der Waals surface area contributed by atoms with Gasteiger partial charge in [-0.2, -0.15) is 0 Å². The van der Waals surface area contributed by atoms with Gasteiger partial charge in [-0.05, 0) is 24.8 Å². The number of carbonyl (C=O) groups excluding carboxylic acids is 1. The summed E-state index contributed by atoms with van der Waals surface area (Å²) in [5.74, 6) is 0.125. The first kappa shape index (κ1) is 13.3. The van der Waals surface area contributed by atoms with Gasteiger partial charge in [-0.3, -0.25) is 4.79 Å². The molecular weight excluding hydrogens is 254 g/mol. The summed E-state index contributed by atoms with van der Waals surface area (Å²) in [6, 6.07) is 1.64. The van der Waals surface area contributed by atoms with Crippen molar-refractivity contribution in [3.8, 4) is 0 Å². The van der Waals surface area contributed by atoms with Crippen LogP contribution in [-0.2, 0) is 10.0 Å². The number of hydrogen-bond donors (Lipinski definition) is 0. The lowest BCUT2D eigenvalue weighted by Crippen LogP contribution is -2.39. The molecule has 1 aromatic heterocycles. The van der Waals surface area contributed by atoms with E-state index < -0.39 is 10.0 Å². The third kappa shape index (κ3) is 3.20. The molecule has 6 heteroatoms. The van der Waals surface area contributed by atoms with Crippen molar-refractivity contribution < 1.29 is 17.6 Å². The number of sulfonamides is 1. The molecule has 1 atom stereocenters. The summed E-state index contributed by atoms with van der Waals surface area (Å²) in [4.78, 5) is 11.9. The molecule has 0 amide bonds. The average molecular weight is 271 g/mol. The smallest absolute Gasteiger partial charge is 0.211 e. The molecule has 0 aromatic carbocycles. The summed E-state index contributed by atoms with van der Waals surface area (Å²) >= 11 is 0. The minimum absolute atomic E-state index is 0.0177. The molecule has 18 heavy (non-hydrogen) atoms. The molecule has 0 radical (unpaired) electrons. The van der Waals surface area contributed by atoms with E-state index in [0.29, 0.717) is 25.1 Å². The van der Waals surface area contributed by atoms with Gasteiger partial charge >= 0.3 is 0 Å². The molecule has 0 spiro atoms. The molecule has 0 N–H and O–H groups in total. The van der Waals surface area contributed by atoms with Crippen LogP contribution < -0.4 is 0 Å².